The average Bonchev–Trinajstić information content (AvgIpc) is 3.42. The highest BCUT2D eigenvalue weighted by Gasteiger charge is 2.32. The Labute approximate surface area is 187 Å². The van der Waals surface area contributed by atoms with Crippen LogP contribution in [0, 0.1) is 10.1 Å². The molecule has 1 aliphatic rings. The number of methoxy groups -OCH3 is 1. The maximum absolute atomic E-state index is 13.2. The summed E-state index contributed by atoms with van der Waals surface area (Å²) < 4.78 is 21.1. The van der Waals surface area contributed by atoms with Crippen molar-refractivity contribution in [2.45, 2.75) is 6.42 Å². The summed E-state index contributed by atoms with van der Waals surface area (Å²) in [5, 5.41) is 18.9. The number of rotatable bonds is 8. The fourth-order valence-corrected chi connectivity index (χ4v) is 3.52. The van der Waals surface area contributed by atoms with E-state index in [2.05, 4.69) is 10.5 Å². The summed E-state index contributed by atoms with van der Waals surface area (Å²) in [6.07, 6.45) is 0.578. The number of carbonyl (C=O) groups excluding carboxylic acids is 1. The van der Waals surface area contributed by atoms with E-state index in [-0.39, 0.29) is 40.8 Å². The van der Waals surface area contributed by atoms with E-state index in [0.717, 1.165) is 0 Å². The van der Waals surface area contributed by atoms with Crippen LogP contribution < -0.4 is 14.8 Å². The second-order valence-electron chi connectivity index (χ2n) is 6.80. The molecule has 0 saturated carbocycles. The molecule has 10 nitrogen and oxygen atoms in total. The van der Waals surface area contributed by atoms with Crippen LogP contribution in [-0.2, 0) is 4.74 Å². The van der Waals surface area contributed by atoms with Gasteiger partial charge in [0.1, 0.15) is 16.8 Å². The summed E-state index contributed by atoms with van der Waals surface area (Å²) in [7, 11) is 1.56. The van der Waals surface area contributed by atoms with E-state index in [1.807, 2.05) is 0 Å². The van der Waals surface area contributed by atoms with E-state index in [0.29, 0.717) is 35.9 Å². The number of nitrogens with zero attached hydrogens (tertiary/aromatic N) is 2. The molecular weight excluding hydrogens is 442 g/mol. The van der Waals surface area contributed by atoms with Gasteiger partial charge < -0.3 is 24.1 Å². The Morgan fingerprint density at radius 2 is 2.00 bits per heavy atom. The van der Waals surface area contributed by atoms with Gasteiger partial charge in [0.25, 0.3) is 11.6 Å². The maximum atomic E-state index is 13.2. The van der Waals surface area contributed by atoms with E-state index >= 15 is 0 Å². The lowest BCUT2D eigenvalue weighted by Crippen LogP contribution is -2.26. The Morgan fingerprint density at radius 1 is 1.25 bits per heavy atom. The highest BCUT2D eigenvalue weighted by molar-refractivity contribution is 6.33. The van der Waals surface area contributed by atoms with Gasteiger partial charge in [-0.15, -0.1) is 0 Å². The quantitative estimate of drug-likeness (QED) is 0.303. The van der Waals surface area contributed by atoms with Gasteiger partial charge in [0.2, 0.25) is 6.79 Å². The lowest BCUT2D eigenvalue weighted by Gasteiger charge is -2.08. The summed E-state index contributed by atoms with van der Waals surface area (Å²) in [6, 6.07) is 9.43. The zero-order valence-corrected chi connectivity index (χ0v) is 17.7. The van der Waals surface area contributed by atoms with Crippen molar-refractivity contribution < 1.29 is 28.5 Å². The first-order valence-electron chi connectivity index (χ1n) is 9.61. The number of halogens is 1. The number of amides is 1. The molecule has 11 heteroatoms. The molecule has 2 aromatic carbocycles. The van der Waals surface area contributed by atoms with Crippen LogP contribution in [0.3, 0.4) is 0 Å². The lowest BCUT2D eigenvalue weighted by atomic mass is 10.00. The molecule has 3 aromatic rings. The Balaban J connectivity index is 1.86. The van der Waals surface area contributed by atoms with Crippen molar-refractivity contribution in [1.29, 1.82) is 0 Å². The number of aromatic nitrogens is 1. The third-order valence-corrected chi connectivity index (χ3v) is 5.12. The van der Waals surface area contributed by atoms with E-state index in [1.54, 1.807) is 31.4 Å². The molecule has 0 aliphatic carbocycles. The monoisotopic (exact) mass is 459 g/mol. The molecule has 1 amide bonds. The number of nitrogens with one attached hydrogen (secondary N) is 1. The first kappa shape index (κ1) is 21.6. The number of ether oxygens (including phenoxy) is 3. The predicted molar refractivity (Wildman–Crippen MR) is 114 cm³/mol. The van der Waals surface area contributed by atoms with Crippen molar-refractivity contribution in [3.05, 3.63) is 57.1 Å². The van der Waals surface area contributed by atoms with Gasteiger partial charge in [-0.2, -0.15) is 0 Å². The molecule has 0 saturated heterocycles. The highest BCUT2D eigenvalue weighted by atomic mass is 35.5. The van der Waals surface area contributed by atoms with Crippen LogP contribution in [0.1, 0.15) is 16.8 Å². The molecular formula is C21H18ClN3O7. The third-order valence-electron chi connectivity index (χ3n) is 4.79. The summed E-state index contributed by atoms with van der Waals surface area (Å²) in [5.74, 6) is -0.0574. The third kappa shape index (κ3) is 4.10. The molecule has 0 atom stereocenters. The van der Waals surface area contributed by atoms with Gasteiger partial charge in [-0.05, 0) is 12.5 Å². The van der Waals surface area contributed by atoms with Gasteiger partial charge in [0.15, 0.2) is 17.3 Å². The molecule has 1 aromatic heterocycles. The van der Waals surface area contributed by atoms with E-state index in [9.17, 15) is 14.9 Å². The molecule has 0 unspecified atom stereocenters. The number of nitro benzene ring substituents is 1. The minimum atomic E-state index is -0.588. The van der Waals surface area contributed by atoms with Crippen LogP contribution in [0.25, 0.3) is 22.6 Å². The highest BCUT2D eigenvalue weighted by Crippen LogP contribution is 2.45. The number of hydrogen-bond donors (Lipinski definition) is 1. The summed E-state index contributed by atoms with van der Waals surface area (Å²) in [6.45, 7) is 0.717. The first-order valence-corrected chi connectivity index (χ1v) is 9.99. The Hall–Kier alpha value is -3.63. The van der Waals surface area contributed by atoms with Gasteiger partial charge in [-0.25, -0.2) is 0 Å². The summed E-state index contributed by atoms with van der Waals surface area (Å²) >= 11 is 6.32. The van der Waals surface area contributed by atoms with Crippen LogP contribution in [-0.4, -0.2) is 43.0 Å². The topological polar surface area (TPSA) is 126 Å². The Morgan fingerprint density at radius 3 is 2.72 bits per heavy atom. The lowest BCUT2D eigenvalue weighted by molar-refractivity contribution is -0.384. The molecule has 0 spiro atoms. The smallest absolute Gasteiger partial charge is 0.284 e. The van der Waals surface area contributed by atoms with Crippen molar-refractivity contribution in [1.82, 2.24) is 10.5 Å². The summed E-state index contributed by atoms with van der Waals surface area (Å²) in [5.41, 5.74) is 0.366. The number of carbonyl (C=O) groups is 1. The van der Waals surface area contributed by atoms with Crippen molar-refractivity contribution in [3.63, 3.8) is 0 Å². The molecule has 0 fully saturated rings. The zero-order valence-electron chi connectivity index (χ0n) is 16.9. The molecule has 0 radical (unpaired) electrons. The molecule has 166 valence electrons. The first-order chi connectivity index (χ1) is 15.5. The minimum Gasteiger partial charge on any atom is -0.454 e. The average molecular weight is 460 g/mol. The fourth-order valence-electron chi connectivity index (χ4n) is 3.29. The van der Waals surface area contributed by atoms with Gasteiger partial charge in [0, 0.05) is 31.9 Å². The zero-order chi connectivity index (χ0) is 22.7. The Kier molecular flexibility index (Phi) is 6.24. The van der Waals surface area contributed by atoms with Gasteiger partial charge in [-0.3, -0.25) is 14.9 Å². The van der Waals surface area contributed by atoms with Crippen LogP contribution in [0.2, 0.25) is 5.02 Å². The van der Waals surface area contributed by atoms with Crippen LogP contribution in [0.5, 0.6) is 11.5 Å². The SMILES string of the molecule is COCCCNC(=O)c1c(-c2ccccc2Cl)noc1-c1cc2c(cc1[N+](=O)[O-])OCO2. The molecule has 1 aliphatic heterocycles. The Bertz CT molecular complexity index is 1180. The van der Waals surface area contributed by atoms with Crippen molar-refractivity contribution >= 4 is 23.2 Å². The van der Waals surface area contributed by atoms with E-state index in [1.165, 1.54) is 12.1 Å². The number of nitro groups is 1. The molecule has 32 heavy (non-hydrogen) atoms. The second-order valence-corrected chi connectivity index (χ2v) is 7.20. The number of benzene rings is 2. The molecule has 1 N–H and O–H groups in total. The standard InChI is InChI=1S/C21H18ClN3O7/c1-29-8-4-7-23-21(26)18-19(12-5-2-3-6-14(12)22)24-32-20(18)13-9-16-17(31-11-30-16)10-15(13)25(27)28/h2-3,5-6,9-10H,4,7-8,11H2,1H3,(H,23,26). The fraction of sp³-hybridized carbons (Fsp3) is 0.238. The summed E-state index contributed by atoms with van der Waals surface area (Å²) in [4.78, 5) is 24.3. The van der Waals surface area contributed by atoms with Crippen molar-refractivity contribution in [2.24, 2.45) is 0 Å². The van der Waals surface area contributed by atoms with Gasteiger partial charge in [0.05, 0.1) is 16.0 Å². The van der Waals surface area contributed by atoms with Crippen LogP contribution in [0.15, 0.2) is 40.9 Å². The minimum absolute atomic E-state index is 0.0254. The molecule has 0 bridgehead atoms. The molecule has 2 heterocycles. The van der Waals surface area contributed by atoms with Gasteiger partial charge in [-0.1, -0.05) is 35.0 Å². The number of fused-ring (bicyclic) bond motifs is 1. The van der Waals surface area contributed by atoms with Gasteiger partial charge >= 0.3 is 0 Å². The van der Waals surface area contributed by atoms with Crippen LogP contribution >= 0.6 is 11.6 Å². The molecule has 4 rings (SSSR count). The number of hydrogen-bond acceptors (Lipinski definition) is 8. The van der Waals surface area contributed by atoms with Crippen LogP contribution in [0.4, 0.5) is 5.69 Å². The van der Waals surface area contributed by atoms with E-state index < -0.39 is 10.8 Å². The van der Waals surface area contributed by atoms with Crippen molar-refractivity contribution in [3.8, 4) is 34.1 Å². The largest absolute Gasteiger partial charge is 0.454 e. The predicted octanol–water partition coefficient (Wildman–Crippen LogP) is 4.07. The maximum Gasteiger partial charge on any atom is 0.284 e. The van der Waals surface area contributed by atoms with Crippen molar-refractivity contribution in [2.75, 3.05) is 27.1 Å². The normalized spacial score (nSPS) is 12.1. The second kappa shape index (κ2) is 9.25. The van der Waals surface area contributed by atoms with E-state index in [4.69, 9.17) is 30.3 Å².